The van der Waals surface area contributed by atoms with E-state index in [0.717, 1.165) is 47.4 Å². The van der Waals surface area contributed by atoms with Gasteiger partial charge in [0.1, 0.15) is 5.75 Å². The number of aromatic nitrogens is 1. The first-order valence-corrected chi connectivity index (χ1v) is 5.36. The first-order chi connectivity index (χ1) is 7.75. The van der Waals surface area contributed by atoms with Crippen molar-refractivity contribution in [3.05, 3.63) is 29.5 Å². The predicted molar refractivity (Wildman–Crippen MR) is 63.2 cm³/mol. The van der Waals surface area contributed by atoms with E-state index in [1.54, 1.807) is 12.1 Å². The Bertz CT molecular complexity index is 566. The number of aromatic hydroxyl groups is 1. The molecule has 1 aliphatic heterocycles. The number of hydrogen-bond donors (Lipinski definition) is 3. The summed E-state index contributed by atoms with van der Waals surface area (Å²) in [7, 11) is 0. The molecule has 82 valence electrons. The molecule has 4 heteroatoms. The maximum Gasteiger partial charge on any atom is 0.117 e. The number of nitrogen functional groups attached to an aromatic ring is 1. The fraction of sp³-hybridized carbons (Fsp3) is 0.250. The summed E-state index contributed by atoms with van der Waals surface area (Å²) in [5.41, 5.74) is 9.84. The highest BCUT2D eigenvalue weighted by molar-refractivity contribution is 5.93. The van der Waals surface area contributed by atoms with Crippen LogP contribution in [0.3, 0.4) is 0 Å². The Kier molecular flexibility index (Phi) is 1.97. The summed E-state index contributed by atoms with van der Waals surface area (Å²) in [5, 5.41) is 13.6. The maximum atomic E-state index is 9.43. The van der Waals surface area contributed by atoms with E-state index in [9.17, 15) is 5.11 Å². The first-order valence-electron chi connectivity index (χ1n) is 5.36. The summed E-state index contributed by atoms with van der Waals surface area (Å²) in [6.45, 7) is 1.72. The van der Waals surface area contributed by atoms with Gasteiger partial charge in [0.2, 0.25) is 0 Å². The second kappa shape index (κ2) is 3.35. The summed E-state index contributed by atoms with van der Waals surface area (Å²) in [6, 6.07) is 5.12. The van der Waals surface area contributed by atoms with Crippen LogP contribution in [0.2, 0.25) is 0 Å². The van der Waals surface area contributed by atoms with Gasteiger partial charge in [-0.3, -0.25) is 4.98 Å². The number of phenolic OH excluding ortho intramolecular Hbond substituents is 1. The Morgan fingerprint density at radius 2 is 2.25 bits per heavy atom. The van der Waals surface area contributed by atoms with Gasteiger partial charge < -0.3 is 16.2 Å². The van der Waals surface area contributed by atoms with Gasteiger partial charge >= 0.3 is 0 Å². The van der Waals surface area contributed by atoms with E-state index in [-0.39, 0.29) is 5.75 Å². The number of nitrogens with zero attached hydrogens (tertiary/aromatic N) is 1. The molecule has 1 aliphatic rings. The monoisotopic (exact) mass is 215 g/mol. The molecule has 0 spiro atoms. The second-order valence-corrected chi connectivity index (χ2v) is 4.08. The highest BCUT2D eigenvalue weighted by atomic mass is 16.3. The highest BCUT2D eigenvalue weighted by Crippen LogP contribution is 2.29. The van der Waals surface area contributed by atoms with Crippen LogP contribution in [0.1, 0.15) is 11.3 Å². The largest absolute Gasteiger partial charge is 0.508 e. The van der Waals surface area contributed by atoms with Gasteiger partial charge in [0, 0.05) is 47.9 Å². The molecule has 1 aromatic heterocycles. The number of nitrogens with two attached hydrogens (primary N) is 1. The van der Waals surface area contributed by atoms with Crippen molar-refractivity contribution in [1.82, 2.24) is 10.3 Å². The number of benzene rings is 1. The van der Waals surface area contributed by atoms with E-state index in [2.05, 4.69) is 10.3 Å². The molecule has 0 saturated heterocycles. The predicted octanol–water partition coefficient (Wildman–Crippen LogP) is 1.17. The Morgan fingerprint density at radius 1 is 1.38 bits per heavy atom. The summed E-state index contributed by atoms with van der Waals surface area (Å²) in [6.07, 6.45) is 0.894. The zero-order valence-electron chi connectivity index (χ0n) is 8.83. The van der Waals surface area contributed by atoms with Gasteiger partial charge in [0.05, 0.1) is 5.52 Å². The number of nitrogens with one attached hydrogen (secondary N) is 1. The molecule has 0 unspecified atom stereocenters. The van der Waals surface area contributed by atoms with Gasteiger partial charge in [-0.25, -0.2) is 0 Å². The molecule has 0 aliphatic carbocycles. The number of hydrogen-bond acceptors (Lipinski definition) is 4. The first kappa shape index (κ1) is 9.42. The molecule has 0 atom stereocenters. The molecule has 4 nitrogen and oxygen atoms in total. The third-order valence-corrected chi connectivity index (χ3v) is 3.04. The van der Waals surface area contributed by atoms with Crippen LogP contribution >= 0.6 is 0 Å². The van der Waals surface area contributed by atoms with Crippen molar-refractivity contribution in [3.8, 4) is 5.75 Å². The quantitative estimate of drug-likeness (QED) is 0.617. The van der Waals surface area contributed by atoms with Crippen LogP contribution in [-0.4, -0.2) is 16.6 Å². The average molecular weight is 215 g/mol. The minimum Gasteiger partial charge on any atom is -0.508 e. The molecule has 0 amide bonds. The lowest BCUT2D eigenvalue weighted by Gasteiger charge is -2.19. The van der Waals surface area contributed by atoms with E-state index in [0.29, 0.717) is 0 Å². The lowest BCUT2D eigenvalue weighted by molar-refractivity contribution is 0.476. The molecule has 1 aromatic carbocycles. The molecule has 0 radical (unpaired) electrons. The van der Waals surface area contributed by atoms with E-state index >= 15 is 0 Å². The molecule has 4 N–H and O–H groups in total. The Balaban J connectivity index is 2.34. The Hall–Kier alpha value is -1.81. The Labute approximate surface area is 93.1 Å². The van der Waals surface area contributed by atoms with Crippen molar-refractivity contribution in [2.45, 2.75) is 13.0 Å². The van der Waals surface area contributed by atoms with Crippen LogP contribution in [0.5, 0.6) is 5.75 Å². The molecule has 3 rings (SSSR count). The number of phenols is 1. The number of rotatable bonds is 0. The Morgan fingerprint density at radius 3 is 3.12 bits per heavy atom. The maximum absolute atomic E-state index is 9.43. The zero-order valence-corrected chi connectivity index (χ0v) is 8.83. The summed E-state index contributed by atoms with van der Waals surface area (Å²) >= 11 is 0. The lowest BCUT2D eigenvalue weighted by Crippen LogP contribution is -2.25. The van der Waals surface area contributed by atoms with Crippen molar-refractivity contribution in [3.63, 3.8) is 0 Å². The molecule has 0 bridgehead atoms. The molecule has 16 heavy (non-hydrogen) atoms. The fourth-order valence-corrected chi connectivity index (χ4v) is 2.20. The van der Waals surface area contributed by atoms with Gasteiger partial charge in [-0.05, 0) is 12.1 Å². The van der Waals surface area contributed by atoms with Crippen molar-refractivity contribution in [1.29, 1.82) is 0 Å². The smallest absolute Gasteiger partial charge is 0.117 e. The SMILES string of the molecule is Nc1c2c(nc3cc(O)ccc13)CCNC2. The minimum atomic E-state index is 0.230. The minimum absolute atomic E-state index is 0.230. The number of anilines is 1. The van der Waals surface area contributed by atoms with Crippen molar-refractivity contribution >= 4 is 16.6 Å². The third kappa shape index (κ3) is 1.31. The highest BCUT2D eigenvalue weighted by Gasteiger charge is 2.15. The van der Waals surface area contributed by atoms with Gasteiger partial charge in [-0.15, -0.1) is 0 Å². The van der Waals surface area contributed by atoms with Gasteiger partial charge in [-0.2, -0.15) is 0 Å². The molecule has 2 aromatic rings. The van der Waals surface area contributed by atoms with E-state index in [4.69, 9.17) is 5.73 Å². The van der Waals surface area contributed by atoms with Gasteiger partial charge in [0.25, 0.3) is 0 Å². The lowest BCUT2D eigenvalue weighted by atomic mass is 10.0. The number of fused-ring (bicyclic) bond motifs is 2. The zero-order chi connectivity index (χ0) is 11.1. The van der Waals surface area contributed by atoms with E-state index in [1.165, 1.54) is 0 Å². The molecular weight excluding hydrogens is 202 g/mol. The molecule has 2 heterocycles. The average Bonchev–Trinajstić information content (AvgIpc) is 2.29. The number of pyridine rings is 1. The third-order valence-electron chi connectivity index (χ3n) is 3.04. The van der Waals surface area contributed by atoms with Crippen LogP contribution in [0.15, 0.2) is 18.2 Å². The van der Waals surface area contributed by atoms with Crippen molar-refractivity contribution in [2.75, 3.05) is 12.3 Å². The summed E-state index contributed by atoms with van der Waals surface area (Å²) < 4.78 is 0. The van der Waals surface area contributed by atoms with Crippen molar-refractivity contribution in [2.24, 2.45) is 0 Å². The van der Waals surface area contributed by atoms with Crippen LogP contribution < -0.4 is 11.1 Å². The van der Waals surface area contributed by atoms with E-state index < -0.39 is 0 Å². The molecule has 0 fully saturated rings. The van der Waals surface area contributed by atoms with Crippen LogP contribution in [0.25, 0.3) is 10.9 Å². The second-order valence-electron chi connectivity index (χ2n) is 4.08. The molecule has 0 saturated carbocycles. The topological polar surface area (TPSA) is 71.2 Å². The van der Waals surface area contributed by atoms with Gasteiger partial charge in [0.15, 0.2) is 0 Å². The standard InChI is InChI=1S/C12H13N3O/c13-12-8-2-1-7(16)5-11(8)15-10-3-4-14-6-9(10)12/h1-2,5,14,16H,3-4,6H2,(H2,13,15). The summed E-state index contributed by atoms with van der Waals surface area (Å²) in [5.74, 6) is 0.230. The van der Waals surface area contributed by atoms with Gasteiger partial charge in [-0.1, -0.05) is 0 Å². The normalized spacial score (nSPS) is 15.0. The summed E-state index contributed by atoms with van der Waals surface area (Å²) in [4.78, 5) is 4.56. The molecular formula is C12H13N3O. The van der Waals surface area contributed by atoms with Crippen molar-refractivity contribution < 1.29 is 5.11 Å². The fourth-order valence-electron chi connectivity index (χ4n) is 2.20. The van der Waals surface area contributed by atoms with Crippen LogP contribution in [0.4, 0.5) is 5.69 Å². The van der Waals surface area contributed by atoms with Crippen LogP contribution in [-0.2, 0) is 13.0 Å². The van der Waals surface area contributed by atoms with E-state index in [1.807, 2.05) is 6.07 Å². The van der Waals surface area contributed by atoms with Crippen LogP contribution in [0, 0.1) is 0 Å².